The van der Waals surface area contributed by atoms with Gasteiger partial charge in [-0.3, -0.25) is 9.69 Å². The molecule has 0 unspecified atom stereocenters. The van der Waals surface area contributed by atoms with Gasteiger partial charge in [-0.2, -0.15) is 4.98 Å². The van der Waals surface area contributed by atoms with Crippen molar-refractivity contribution in [1.29, 1.82) is 0 Å². The van der Waals surface area contributed by atoms with Crippen LogP contribution in [0.5, 0.6) is 0 Å². The first-order chi connectivity index (χ1) is 16.1. The summed E-state index contributed by atoms with van der Waals surface area (Å²) in [6.07, 6.45) is 0.331. The molecule has 7 heteroatoms. The maximum absolute atomic E-state index is 13.7. The van der Waals surface area contributed by atoms with Crippen molar-refractivity contribution in [3.05, 3.63) is 108 Å². The number of hydrogen-bond acceptors (Lipinski definition) is 5. The highest BCUT2D eigenvalue weighted by atomic mass is 16.5. The summed E-state index contributed by atoms with van der Waals surface area (Å²) in [5, 5.41) is 6.99. The highest BCUT2D eigenvalue weighted by Gasteiger charge is 2.52. The number of aromatic nitrogens is 2. The van der Waals surface area contributed by atoms with E-state index in [0.29, 0.717) is 12.2 Å². The van der Waals surface area contributed by atoms with E-state index >= 15 is 0 Å². The lowest BCUT2D eigenvalue weighted by atomic mass is 9.83. The van der Waals surface area contributed by atoms with Crippen LogP contribution in [0.3, 0.4) is 0 Å². The summed E-state index contributed by atoms with van der Waals surface area (Å²) in [7, 11) is 0. The second-order valence-corrected chi connectivity index (χ2v) is 8.08. The molecule has 0 radical (unpaired) electrons. The highest BCUT2D eigenvalue weighted by Crippen LogP contribution is 2.34. The van der Waals surface area contributed by atoms with Crippen LogP contribution in [0.25, 0.3) is 11.4 Å². The number of rotatable bonds is 6. The summed E-state index contributed by atoms with van der Waals surface area (Å²) in [5.74, 6) is 0.271. The quantitative estimate of drug-likeness (QED) is 0.455. The molecule has 1 aliphatic rings. The molecule has 1 saturated heterocycles. The molecule has 33 heavy (non-hydrogen) atoms. The second-order valence-electron chi connectivity index (χ2n) is 8.08. The average molecular weight is 438 g/mol. The first-order valence-corrected chi connectivity index (χ1v) is 10.7. The third kappa shape index (κ3) is 3.78. The standard InChI is InChI=1S/C26H22N4O3/c1-18-10-8-9-15-21(18)23-27-22(33-29-23)17-30-24(31)26(28-25(30)32,20-13-6-3-7-14-20)16-19-11-4-2-5-12-19/h2-15H,16-17H2,1H3,(H,28,32)/t26-/m0/s1. The highest BCUT2D eigenvalue weighted by molar-refractivity contribution is 6.07. The van der Waals surface area contributed by atoms with E-state index in [0.717, 1.165) is 27.2 Å². The van der Waals surface area contributed by atoms with Gasteiger partial charge in [0.25, 0.3) is 5.91 Å². The Bertz CT molecular complexity index is 1300. The fourth-order valence-electron chi connectivity index (χ4n) is 4.20. The van der Waals surface area contributed by atoms with Gasteiger partial charge in [0, 0.05) is 12.0 Å². The van der Waals surface area contributed by atoms with Crippen molar-refractivity contribution in [2.75, 3.05) is 0 Å². The molecule has 1 N–H and O–H groups in total. The lowest BCUT2D eigenvalue weighted by molar-refractivity contribution is -0.132. The molecule has 1 aliphatic heterocycles. The fraction of sp³-hybridized carbons (Fsp3) is 0.154. The van der Waals surface area contributed by atoms with Crippen LogP contribution in [-0.4, -0.2) is 27.0 Å². The van der Waals surface area contributed by atoms with Crippen LogP contribution in [0.2, 0.25) is 0 Å². The zero-order chi connectivity index (χ0) is 22.8. The normalized spacial score (nSPS) is 17.9. The van der Waals surface area contributed by atoms with Crippen LogP contribution in [-0.2, 0) is 23.3 Å². The Morgan fingerprint density at radius 1 is 0.909 bits per heavy atom. The van der Waals surface area contributed by atoms with Crippen LogP contribution in [0, 0.1) is 6.92 Å². The SMILES string of the molecule is Cc1ccccc1-c1noc(CN2C(=O)N[C@@](Cc3ccccc3)(c3ccccc3)C2=O)n1. The first-order valence-electron chi connectivity index (χ1n) is 10.7. The molecular weight excluding hydrogens is 416 g/mol. The van der Waals surface area contributed by atoms with E-state index in [1.807, 2.05) is 91.9 Å². The van der Waals surface area contributed by atoms with Crippen molar-refractivity contribution in [2.24, 2.45) is 0 Å². The number of nitrogens with zero attached hydrogens (tertiary/aromatic N) is 3. The number of benzene rings is 3. The summed E-state index contributed by atoms with van der Waals surface area (Å²) in [4.78, 5) is 32.3. The monoisotopic (exact) mass is 438 g/mol. The molecule has 0 bridgehead atoms. The Balaban J connectivity index is 1.46. The molecule has 3 aromatic carbocycles. The Labute approximate surface area is 191 Å². The number of hydrogen-bond donors (Lipinski definition) is 1. The Kier molecular flexibility index (Phi) is 5.22. The van der Waals surface area contributed by atoms with E-state index < -0.39 is 11.6 Å². The minimum absolute atomic E-state index is 0.104. The van der Waals surface area contributed by atoms with Gasteiger partial charge in [0.05, 0.1) is 0 Å². The van der Waals surface area contributed by atoms with E-state index in [2.05, 4.69) is 15.5 Å². The third-order valence-corrected chi connectivity index (χ3v) is 5.90. The summed E-state index contributed by atoms with van der Waals surface area (Å²) in [6.45, 7) is 1.85. The van der Waals surface area contributed by atoms with Gasteiger partial charge in [-0.15, -0.1) is 0 Å². The van der Waals surface area contributed by atoms with Crippen molar-refractivity contribution < 1.29 is 14.1 Å². The predicted molar refractivity (Wildman–Crippen MR) is 122 cm³/mol. The maximum atomic E-state index is 13.7. The minimum atomic E-state index is -1.21. The number of nitrogens with one attached hydrogen (secondary N) is 1. The molecular formula is C26H22N4O3. The molecule has 1 atom stereocenters. The minimum Gasteiger partial charge on any atom is -0.337 e. The van der Waals surface area contributed by atoms with Crippen molar-refractivity contribution in [3.63, 3.8) is 0 Å². The van der Waals surface area contributed by atoms with Crippen molar-refractivity contribution in [2.45, 2.75) is 25.4 Å². The topological polar surface area (TPSA) is 88.3 Å². The smallest absolute Gasteiger partial charge is 0.325 e. The molecule has 3 amide bonds. The van der Waals surface area contributed by atoms with Crippen molar-refractivity contribution in [3.8, 4) is 11.4 Å². The van der Waals surface area contributed by atoms with Crippen LogP contribution < -0.4 is 5.32 Å². The number of aryl methyl sites for hydroxylation is 1. The summed E-state index contributed by atoms with van der Waals surface area (Å²) in [5.41, 5.74) is 2.30. The van der Waals surface area contributed by atoms with Gasteiger partial charge < -0.3 is 9.84 Å². The Morgan fingerprint density at radius 3 is 2.30 bits per heavy atom. The summed E-state index contributed by atoms with van der Waals surface area (Å²) in [6, 6.07) is 26.1. The van der Waals surface area contributed by atoms with Gasteiger partial charge in [0.1, 0.15) is 6.54 Å². The van der Waals surface area contributed by atoms with Gasteiger partial charge in [0.2, 0.25) is 11.7 Å². The number of amides is 3. The molecule has 1 aromatic heterocycles. The molecule has 0 aliphatic carbocycles. The lowest BCUT2D eigenvalue weighted by Crippen LogP contribution is -2.46. The maximum Gasteiger partial charge on any atom is 0.325 e. The largest absolute Gasteiger partial charge is 0.337 e. The van der Waals surface area contributed by atoms with Crippen molar-refractivity contribution in [1.82, 2.24) is 20.4 Å². The van der Waals surface area contributed by atoms with Crippen LogP contribution in [0.15, 0.2) is 89.5 Å². The molecule has 0 spiro atoms. The lowest BCUT2D eigenvalue weighted by Gasteiger charge is -2.27. The predicted octanol–water partition coefficient (Wildman–Crippen LogP) is 4.24. The molecule has 0 saturated carbocycles. The molecule has 4 aromatic rings. The van der Waals surface area contributed by atoms with E-state index in [-0.39, 0.29) is 18.3 Å². The van der Waals surface area contributed by atoms with Crippen LogP contribution >= 0.6 is 0 Å². The zero-order valence-corrected chi connectivity index (χ0v) is 18.1. The average Bonchev–Trinajstić information content (AvgIpc) is 3.40. The van der Waals surface area contributed by atoms with Crippen molar-refractivity contribution >= 4 is 11.9 Å². The fourth-order valence-corrected chi connectivity index (χ4v) is 4.20. The number of urea groups is 1. The van der Waals surface area contributed by atoms with Crippen LogP contribution in [0.4, 0.5) is 4.79 Å². The molecule has 1 fully saturated rings. The Hall–Kier alpha value is -4.26. The van der Waals surface area contributed by atoms with E-state index in [9.17, 15) is 9.59 Å². The van der Waals surface area contributed by atoms with E-state index in [1.54, 1.807) is 0 Å². The summed E-state index contributed by atoms with van der Waals surface area (Å²) >= 11 is 0. The first kappa shape index (κ1) is 20.6. The van der Waals surface area contributed by atoms with E-state index in [1.165, 1.54) is 0 Å². The van der Waals surface area contributed by atoms with Gasteiger partial charge in [-0.05, 0) is 23.6 Å². The zero-order valence-electron chi connectivity index (χ0n) is 18.1. The molecule has 7 nitrogen and oxygen atoms in total. The molecule has 2 heterocycles. The molecule has 164 valence electrons. The van der Waals surface area contributed by atoms with Crippen LogP contribution in [0.1, 0.15) is 22.6 Å². The summed E-state index contributed by atoms with van der Waals surface area (Å²) < 4.78 is 5.39. The number of carbonyl (C=O) groups is 2. The second kappa shape index (κ2) is 8.35. The molecule has 5 rings (SSSR count). The van der Waals surface area contributed by atoms with Gasteiger partial charge in [-0.1, -0.05) is 90.1 Å². The van der Waals surface area contributed by atoms with Gasteiger partial charge in [-0.25, -0.2) is 4.79 Å². The van der Waals surface area contributed by atoms with Gasteiger partial charge >= 0.3 is 6.03 Å². The number of carbonyl (C=O) groups excluding carboxylic acids is 2. The Morgan fingerprint density at radius 2 is 1.58 bits per heavy atom. The van der Waals surface area contributed by atoms with Gasteiger partial charge in [0.15, 0.2) is 5.54 Å². The number of imide groups is 1. The van der Waals surface area contributed by atoms with E-state index in [4.69, 9.17) is 4.52 Å². The third-order valence-electron chi connectivity index (χ3n) is 5.90.